The maximum atomic E-state index is 11.9. The molecule has 2 rings (SSSR count). The molecule has 0 spiro atoms. The number of nitrogens with one attached hydrogen (secondary N) is 1. The highest BCUT2D eigenvalue weighted by molar-refractivity contribution is 9.10. The van der Waals surface area contributed by atoms with Gasteiger partial charge in [-0.25, -0.2) is 4.98 Å². The summed E-state index contributed by atoms with van der Waals surface area (Å²) in [6, 6.07) is 7.22. The number of aromatic nitrogens is 2. The molecular formula is C12H12BrN3OS2. The molecular weight excluding hydrogens is 346 g/mol. The monoisotopic (exact) mass is 357 g/mol. The molecule has 0 bridgehead atoms. The third-order valence-electron chi connectivity index (χ3n) is 2.23. The Bertz CT molecular complexity index is 556. The summed E-state index contributed by atoms with van der Waals surface area (Å²) in [7, 11) is 0. The minimum absolute atomic E-state index is 0.119. The van der Waals surface area contributed by atoms with Gasteiger partial charge in [0.1, 0.15) is 0 Å². The molecule has 1 amide bonds. The summed E-state index contributed by atoms with van der Waals surface area (Å²) in [5.74, 6) is 1.51. The summed E-state index contributed by atoms with van der Waals surface area (Å²) in [6.45, 7) is 2.43. The van der Waals surface area contributed by atoms with Gasteiger partial charge in [0, 0.05) is 10.0 Å². The van der Waals surface area contributed by atoms with E-state index in [0.717, 1.165) is 14.6 Å². The van der Waals surface area contributed by atoms with Crippen molar-refractivity contribution in [3.63, 3.8) is 0 Å². The maximum Gasteiger partial charge on any atom is 0.251 e. The second kappa shape index (κ2) is 7.02. The first-order valence-electron chi connectivity index (χ1n) is 5.68. The number of hydrogen-bond donors (Lipinski definition) is 1. The molecule has 7 heteroatoms. The van der Waals surface area contributed by atoms with Gasteiger partial charge in [-0.05, 0) is 41.6 Å². The molecule has 19 heavy (non-hydrogen) atoms. The van der Waals surface area contributed by atoms with Crippen LogP contribution in [-0.4, -0.2) is 21.0 Å². The van der Waals surface area contributed by atoms with E-state index in [2.05, 4.69) is 37.5 Å². The molecule has 4 nitrogen and oxygen atoms in total. The van der Waals surface area contributed by atoms with Crippen molar-refractivity contribution < 1.29 is 4.79 Å². The van der Waals surface area contributed by atoms with Crippen LogP contribution in [-0.2, 0) is 6.54 Å². The molecule has 0 radical (unpaired) electrons. The predicted molar refractivity (Wildman–Crippen MR) is 81.6 cm³/mol. The average Bonchev–Trinajstić information content (AvgIpc) is 2.85. The number of thioether (sulfide) groups is 1. The Morgan fingerprint density at radius 3 is 2.84 bits per heavy atom. The molecule has 1 aromatic carbocycles. The number of carbonyl (C=O) groups is 1. The Morgan fingerprint density at radius 1 is 1.42 bits per heavy atom. The molecule has 0 aliphatic rings. The van der Waals surface area contributed by atoms with Crippen LogP contribution in [0.1, 0.15) is 23.1 Å². The van der Waals surface area contributed by atoms with Gasteiger partial charge in [0.2, 0.25) is 0 Å². The summed E-state index contributed by atoms with van der Waals surface area (Å²) in [5, 5.41) is 2.81. The lowest BCUT2D eigenvalue weighted by molar-refractivity contribution is 0.0950. The Hall–Kier alpha value is -0.920. The van der Waals surface area contributed by atoms with Crippen molar-refractivity contribution in [2.75, 3.05) is 5.75 Å². The Balaban J connectivity index is 1.90. The van der Waals surface area contributed by atoms with E-state index in [4.69, 9.17) is 0 Å². The molecule has 0 unspecified atom stereocenters. The van der Waals surface area contributed by atoms with E-state index in [-0.39, 0.29) is 5.91 Å². The molecule has 100 valence electrons. The average molecular weight is 358 g/mol. The van der Waals surface area contributed by atoms with Crippen LogP contribution in [0.4, 0.5) is 0 Å². The van der Waals surface area contributed by atoms with E-state index in [0.29, 0.717) is 17.9 Å². The highest BCUT2D eigenvalue weighted by Crippen LogP contribution is 2.19. The number of amides is 1. The molecule has 1 heterocycles. The number of rotatable bonds is 5. The lowest BCUT2D eigenvalue weighted by Gasteiger charge is -2.02. The van der Waals surface area contributed by atoms with Crippen molar-refractivity contribution in [2.24, 2.45) is 0 Å². The quantitative estimate of drug-likeness (QED) is 0.833. The Kier molecular flexibility index (Phi) is 5.35. The number of benzene rings is 1. The predicted octanol–water partition coefficient (Wildman–Crippen LogP) is 3.34. The molecule has 1 N–H and O–H groups in total. The van der Waals surface area contributed by atoms with Crippen molar-refractivity contribution in [1.82, 2.24) is 14.7 Å². The molecule has 0 atom stereocenters. The van der Waals surface area contributed by atoms with Gasteiger partial charge in [0.15, 0.2) is 10.2 Å². The fraction of sp³-hybridized carbons (Fsp3) is 0.250. The van der Waals surface area contributed by atoms with E-state index in [1.807, 2.05) is 12.1 Å². The van der Waals surface area contributed by atoms with Crippen molar-refractivity contribution in [1.29, 1.82) is 0 Å². The van der Waals surface area contributed by atoms with Crippen LogP contribution in [0.25, 0.3) is 0 Å². The first-order chi connectivity index (χ1) is 9.19. The Morgan fingerprint density at radius 2 is 2.16 bits per heavy atom. The van der Waals surface area contributed by atoms with Crippen LogP contribution in [0.5, 0.6) is 0 Å². The SMILES string of the molecule is CCSc1nc(CNC(=O)c2ccc(Br)cc2)ns1. The van der Waals surface area contributed by atoms with Crippen molar-refractivity contribution in [3.8, 4) is 0 Å². The fourth-order valence-electron chi connectivity index (χ4n) is 1.35. The zero-order valence-electron chi connectivity index (χ0n) is 10.2. The summed E-state index contributed by atoms with van der Waals surface area (Å²) in [4.78, 5) is 16.2. The van der Waals surface area contributed by atoms with Crippen LogP contribution in [0.15, 0.2) is 33.1 Å². The zero-order chi connectivity index (χ0) is 13.7. The maximum absolute atomic E-state index is 11.9. The fourth-order valence-corrected chi connectivity index (χ4v) is 3.15. The van der Waals surface area contributed by atoms with E-state index in [1.165, 1.54) is 11.5 Å². The van der Waals surface area contributed by atoms with Crippen LogP contribution in [0.3, 0.4) is 0 Å². The van der Waals surface area contributed by atoms with Gasteiger partial charge in [-0.2, -0.15) is 4.37 Å². The van der Waals surface area contributed by atoms with Gasteiger partial charge in [-0.15, -0.1) is 0 Å². The molecule has 2 aromatic rings. The minimum atomic E-state index is -0.119. The van der Waals surface area contributed by atoms with Crippen LogP contribution in [0, 0.1) is 0 Å². The number of halogens is 1. The highest BCUT2D eigenvalue weighted by Gasteiger charge is 2.08. The van der Waals surface area contributed by atoms with Gasteiger partial charge in [-0.3, -0.25) is 4.79 Å². The van der Waals surface area contributed by atoms with E-state index >= 15 is 0 Å². The van der Waals surface area contributed by atoms with E-state index in [9.17, 15) is 4.79 Å². The summed E-state index contributed by atoms with van der Waals surface area (Å²) >= 11 is 6.36. The van der Waals surface area contributed by atoms with Gasteiger partial charge in [-0.1, -0.05) is 34.6 Å². The van der Waals surface area contributed by atoms with Gasteiger partial charge >= 0.3 is 0 Å². The second-order valence-electron chi connectivity index (χ2n) is 3.60. The lowest BCUT2D eigenvalue weighted by Crippen LogP contribution is -2.23. The van der Waals surface area contributed by atoms with Gasteiger partial charge in [0.05, 0.1) is 6.54 Å². The van der Waals surface area contributed by atoms with Crippen molar-refractivity contribution in [2.45, 2.75) is 17.8 Å². The topological polar surface area (TPSA) is 54.9 Å². The van der Waals surface area contributed by atoms with Gasteiger partial charge in [0.25, 0.3) is 5.91 Å². The molecule has 0 saturated heterocycles. The van der Waals surface area contributed by atoms with E-state index in [1.54, 1.807) is 23.9 Å². The van der Waals surface area contributed by atoms with E-state index < -0.39 is 0 Å². The number of carbonyl (C=O) groups excluding carboxylic acids is 1. The normalized spacial score (nSPS) is 10.4. The number of nitrogens with zero attached hydrogens (tertiary/aromatic N) is 2. The van der Waals surface area contributed by atoms with Crippen LogP contribution in [0.2, 0.25) is 0 Å². The highest BCUT2D eigenvalue weighted by atomic mass is 79.9. The third-order valence-corrected chi connectivity index (χ3v) is 4.51. The second-order valence-corrected chi connectivity index (χ2v) is 6.78. The smallest absolute Gasteiger partial charge is 0.251 e. The minimum Gasteiger partial charge on any atom is -0.345 e. The standard InChI is InChI=1S/C12H12BrN3OS2/c1-2-18-12-15-10(16-19-12)7-14-11(17)8-3-5-9(13)6-4-8/h3-6H,2,7H2,1H3,(H,14,17). The molecule has 0 saturated carbocycles. The molecule has 0 aliphatic carbocycles. The third kappa shape index (κ3) is 4.29. The largest absolute Gasteiger partial charge is 0.345 e. The van der Waals surface area contributed by atoms with Gasteiger partial charge < -0.3 is 5.32 Å². The molecule has 1 aromatic heterocycles. The summed E-state index contributed by atoms with van der Waals surface area (Å²) in [6.07, 6.45) is 0. The van der Waals surface area contributed by atoms with Crippen molar-refractivity contribution >= 4 is 45.1 Å². The lowest BCUT2D eigenvalue weighted by atomic mass is 10.2. The first kappa shape index (κ1) is 14.5. The Labute approximate surface area is 128 Å². The molecule has 0 fully saturated rings. The van der Waals surface area contributed by atoms with Crippen molar-refractivity contribution in [3.05, 3.63) is 40.1 Å². The van der Waals surface area contributed by atoms with Crippen LogP contribution >= 0.6 is 39.2 Å². The number of hydrogen-bond acceptors (Lipinski definition) is 5. The van der Waals surface area contributed by atoms with Crippen LogP contribution < -0.4 is 5.32 Å². The summed E-state index contributed by atoms with van der Waals surface area (Å²) in [5.41, 5.74) is 0.626. The summed E-state index contributed by atoms with van der Waals surface area (Å²) < 4.78 is 6.09. The molecule has 0 aliphatic heterocycles. The first-order valence-corrected chi connectivity index (χ1v) is 8.23. The zero-order valence-corrected chi connectivity index (χ0v) is 13.4.